The van der Waals surface area contributed by atoms with Crippen LogP contribution in [0.4, 0.5) is 42.6 Å². The van der Waals surface area contributed by atoms with Crippen LogP contribution in [0.1, 0.15) is 17.1 Å². The summed E-state index contributed by atoms with van der Waals surface area (Å²) in [5, 5.41) is 7.37. The number of halogens is 6. The second-order valence-electron chi connectivity index (χ2n) is 5.54. The third-order valence-electron chi connectivity index (χ3n) is 3.38. The molecule has 0 aliphatic carbocycles. The van der Waals surface area contributed by atoms with Crippen molar-refractivity contribution in [3.63, 3.8) is 0 Å². The maximum Gasteiger partial charge on any atom is 0.433 e. The van der Waals surface area contributed by atoms with Crippen LogP contribution in [-0.2, 0) is 12.4 Å². The molecule has 0 saturated carbocycles. The van der Waals surface area contributed by atoms with Crippen LogP contribution in [0, 0.1) is 6.92 Å². The summed E-state index contributed by atoms with van der Waals surface area (Å²) in [6.07, 6.45) is -9.15. The molecule has 28 heavy (non-hydrogen) atoms. The minimum absolute atomic E-state index is 0.0141. The van der Waals surface area contributed by atoms with Gasteiger partial charge in [-0.15, -0.1) is 0 Å². The van der Waals surface area contributed by atoms with Crippen LogP contribution >= 0.6 is 0 Å². The lowest BCUT2D eigenvalue weighted by atomic mass is 10.2. The lowest BCUT2D eigenvalue weighted by molar-refractivity contribution is -0.141. The lowest BCUT2D eigenvalue weighted by Gasteiger charge is -2.12. The Morgan fingerprint density at radius 1 is 0.929 bits per heavy atom. The van der Waals surface area contributed by atoms with Gasteiger partial charge in [0.05, 0.1) is 11.4 Å². The zero-order chi connectivity index (χ0) is 20.9. The van der Waals surface area contributed by atoms with Crippen molar-refractivity contribution in [2.75, 3.05) is 23.7 Å². The van der Waals surface area contributed by atoms with E-state index in [-0.39, 0.29) is 30.3 Å². The van der Waals surface area contributed by atoms with E-state index >= 15 is 0 Å². The molecule has 2 heterocycles. The van der Waals surface area contributed by atoms with E-state index in [0.29, 0.717) is 0 Å². The second-order valence-corrected chi connectivity index (χ2v) is 5.54. The topological polar surface area (TPSA) is 78.9 Å². The number of pyridine rings is 2. The fourth-order valence-electron chi connectivity index (χ4n) is 2.08. The van der Waals surface area contributed by atoms with Crippen LogP contribution in [0.3, 0.4) is 0 Å². The Morgan fingerprint density at radius 3 is 2.18 bits per heavy atom. The average Bonchev–Trinajstić information content (AvgIpc) is 2.59. The number of nitrogens with zero attached hydrogens (tertiary/aromatic N) is 2. The van der Waals surface area contributed by atoms with Gasteiger partial charge in [0.15, 0.2) is 0 Å². The highest BCUT2D eigenvalue weighted by molar-refractivity contribution is 5.89. The largest absolute Gasteiger partial charge is 0.433 e. The molecule has 0 aromatic carbocycles. The summed E-state index contributed by atoms with van der Waals surface area (Å²) >= 11 is 0. The number of carbonyl (C=O) groups excluding carboxylic acids is 1. The van der Waals surface area contributed by atoms with Crippen molar-refractivity contribution in [3.8, 4) is 0 Å². The number of nitrogens with one attached hydrogen (secondary N) is 3. The van der Waals surface area contributed by atoms with Gasteiger partial charge in [-0.25, -0.2) is 14.8 Å². The quantitative estimate of drug-likeness (QED) is 0.516. The number of amides is 2. The van der Waals surface area contributed by atoms with Gasteiger partial charge >= 0.3 is 18.4 Å². The number of rotatable bonds is 5. The van der Waals surface area contributed by atoms with Crippen LogP contribution < -0.4 is 16.0 Å². The summed E-state index contributed by atoms with van der Waals surface area (Å²) in [4.78, 5) is 18.6. The molecule has 2 amide bonds. The fraction of sp³-hybridized carbons (Fsp3) is 0.312. The molecule has 0 fully saturated rings. The van der Waals surface area contributed by atoms with E-state index < -0.39 is 29.8 Å². The van der Waals surface area contributed by atoms with Gasteiger partial charge in [-0.05, 0) is 31.2 Å². The average molecular weight is 407 g/mol. The minimum atomic E-state index is -4.59. The van der Waals surface area contributed by atoms with Gasteiger partial charge in [-0.2, -0.15) is 26.3 Å². The molecule has 2 rings (SSSR count). The Labute approximate surface area is 155 Å². The van der Waals surface area contributed by atoms with Crippen LogP contribution in [0.25, 0.3) is 0 Å². The molecule has 0 aliphatic heterocycles. The number of hydrogen-bond acceptors (Lipinski definition) is 4. The van der Waals surface area contributed by atoms with Crippen molar-refractivity contribution in [1.29, 1.82) is 0 Å². The van der Waals surface area contributed by atoms with E-state index in [1.54, 1.807) is 0 Å². The molecule has 3 N–H and O–H groups in total. The summed E-state index contributed by atoms with van der Waals surface area (Å²) in [6.45, 7) is 1.41. The first-order valence-electron chi connectivity index (χ1n) is 7.84. The lowest BCUT2D eigenvalue weighted by Crippen LogP contribution is -2.33. The number of hydrogen-bond donors (Lipinski definition) is 3. The molecule has 0 saturated heterocycles. The van der Waals surface area contributed by atoms with Gasteiger partial charge in [0.25, 0.3) is 0 Å². The second kappa shape index (κ2) is 8.31. The molecule has 0 bridgehead atoms. The third-order valence-corrected chi connectivity index (χ3v) is 3.38. The Kier molecular flexibility index (Phi) is 6.31. The number of alkyl halides is 6. The van der Waals surface area contributed by atoms with Crippen molar-refractivity contribution >= 4 is 17.5 Å². The zero-order valence-corrected chi connectivity index (χ0v) is 14.4. The van der Waals surface area contributed by atoms with Gasteiger partial charge in [-0.1, -0.05) is 6.07 Å². The maximum absolute atomic E-state index is 12.6. The molecule has 152 valence electrons. The van der Waals surface area contributed by atoms with E-state index in [1.807, 2.05) is 0 Å². The van der Waals surface area contributed by atoms with E-state index in [9.17, 15) is 31.1 Å². The van der Waals surface area contributed by atoms with Gasteiger partial charge < -0.3 is 16.0 Å². The monoisotopic (exact) mass is 407 g/mol. The van der Waals surface area contributed by atoms with E-state index in [0.717, 1.165) is 18.2 Å². The maximum atomic E-state index is 12.6. The van der Waals surface area contributed by atoms with Crippen LogP contribution in [0.2, 0.25) is 0 Å². The number of carbonyl (C=O) groups is 1. The van der Waals surface area contributed by atoms with Gasteiger partial charge in [-0.3, -0.25) is 0 Å². The van der Waals surface area contributed by atoms with Crippen LogP contribution in [-0.4, -0.2) is 29.1 Å². The Balaban J connectivity index is 1.82. The number of urea groups is 1. The van der Waals surface area contributed by atoms with E-state index in [2.05, 4.69) is 25.9 Å². The van der Waals surface area contributed by atoms with Crippen molar-refractivity contribution in [2.24, 2.45) is 0 Å². The molecule has 2 aromatic heterocycles. The van der Waals surface area contributed by atoms with Gasteiger partial charge in [0.1, 0.15) is 17.2 Å². The molecule has 0 spiro atoms. The first-order chi connectivity index (χ1) is 13.0. The molecule has 0 atom stereocenters. The van der Waals surface area contributed by atoms with Crippen LogP contribution in [0.15, 0.2) is 30.3 Å². The summed E-state index contributed by atoms with van der Waals surface area (Å²) in [6, 6.07) is 4.48. The Morgan fingerprint density at radius 2 is 1.57 bits per heavy atom. The Bertz CT molecular complexity index is 837. The summed E-state index contributed by atoms with van der Waals surface area (Å²) in [5.41, 5.74) is -2.04. The first-order valence-corrected chi connectivity index (χ1v) is 7.84. The Hall–Kier alpha value is -3.05. The van der Waals surface area contributed by atoms with E-state index in [4.69, 9.17) is 0 Å². The normalized spacial score (nSPS) is 11.8. The molecule has 0 aliphatic rings. The molecule has 0 radical (unpaired) electrons. The van der Waals surface area contributed by atoms with Crippen molar-refractivity contribution in [2.45, 2.75) is 19.3 Å². The predicted octanol–water partition coefficient (Wildman–Crippen LogP) is 4.06. The SMILES string of the molecule is Cc1nc(C(F)(F)F)ccc1NC(=O)NCCNc1cccc(C(F)(F)F)n1. The highest BCUT2D eigenvalue weighted by Gasteiger charge is 2.33. The van der Waals surface area contributed by atoms with Crippen molar-refractivity contribution in [1.82, 2.24) is 15.3 Å². The highest BCUT2D eigenvalue weighted by atomic mass is 19.4. The molecule has 2 aromatic rings. The van der Waals surface area contributed by atoms with Gasteiger partial charge in [0.2, 0.25) is 0 Å². The predicted molar refractivity (Wildman–Crippen MR) is 88.7 cm³/mol. The fourth-order valence-corrected chi connectivity index (χ4v) is 2.08. The number of aromatic nitrogens is 2. The minimum Gasteiger partial charge on any atom is -0.368 e. The summed E-state index contributed by atoms with van der Waals surface area (Å²) in [5.74, 6) is -0.0141. The zero-order valence-electron chi connectivity index (χ0n) is 14.4. The smallest absolute Gasteiger partial charge is 0.368 e. The van der Waals surface area contributed by atoms with E-state index in [1.165, 1.54) is 19.1 Å². The molecule has 6 nitrogen and oxygen atoms in total. The van der Waals surface area contributed by atoms with Gasteiger partial charge in [0, 0.05) is 13.1 Å². The van der Waals surface area contributed by atoms with Crippen molar-refractivity contribution in [3.05, 3.63) is 47.4 Å². The summed E-state index contributed by atoms with van der Waals surface area (Å²) < 4.78 is 75.4. The third kappa shape index (κ3) is 5.99. The molecular weight excluding hydrogens is 392 g/mol. The molecule has 0 unspecified atom stereocenters. The highest BCUT2D eigenvalue weighted by Crippen LogP contribution is 2.29. The molecule has 12 heteroatoms. The van der Waals surface area contributed by atoms with Crippen LogP contribution in [0.5, 0.6) is 0 Å². The number of anilines is 2. The number of aryl methyl sites for hydroxylation is 1. The summed E-state index contributed by atoms with van der Waals surface area (Å²) in [7, 11) is 0. The first kappa shape index (κ1) is 21.3. The van der Waals surface area contributed by atoms with Crippen molar-refractivity contribution < 1.29 is 31.1 Å². The standard InChI is InChI=1S/C16H15F6N5O/c1-9-10(5-6-12(25-9)16(20,21)22)26-14(28)24-8-7-23-13-4-2-3-11(27-13)15(17,18)19/h2-6H,7-8H2,1H3,(H,23,27)(H2,24,26,28). The molecular formula is C16H15F6N5O.